The van der Waals surface area contributed by atoms with Gasteiger partial charge in [0.05, 0.1) is 0 Å². The first-order valence-electron chi connectivity index (χ1n) is 6.62. The van der Waals surface area contributed by atoms with Gasteiger partial charge < -0.3 is 4.74 Å². The van der Waals surface area contributed by atoms with Gasteiger partial charge in [-0.25, -0.2) is 4.18 Å². The Morgan fingerprint density at radius 1 is 0.909 bits per heavy atom. The molecule has 0 saturated heterocycles. The zero-order chi connectivity index (χ0) is 15.8. The minimum atomic E-state index is -4.13. The summed E-state index contributed by atoms with van der Waals surface area (Å²) in [4.78, 5) is 0. The molecule has 0 radical (unpaired) electrons. The lowest BCUT2D eigenvalue weighted by Gasteiger charge is -2.08. The summed E-state index contributed by atoms with van der Waals surface area (Å²) in [6.07, 6.45) is 0.796. The Labute approximate surface area is 129 Å². The lowest BCUT2D eigenvalue weighted by atomic mass is 10.1. The smallest absolute Gasteiger partial charge is 0.416 e. The van der Waals surface area contributed by atoms with Gasteiger partial charge in [-0.2, -0.15) is 18.6 Å². The Balaban J connectivity index is 1.86. The molecule has 6 nitrogen and oxygen atoms in total. The molecule has 0 aliphatic rings. The van der Waals surface area contributed by atoms with E-state index in [0.717, 1.165) is 12.0 Å². The first-order chi connectivity index (χ1) is 10.6. The molecule has 0 heterocycles. The van der Waals surface area contributed by atoms with Crippen LogP contribution >= 0.6 is 0 Å². The van der Waals surface area contributed by atoms with Crippen LogP contribution in [0.15, 0.2) is 54.6 Å². The Morgan fingerprint density at radius 2 is 1.64 bits per heavy atom. The van der Waals surface area contributed by atoms with Crippen molar-refractivity contribution in [2.24, 2.45) is 5.90 Å². The fourth-order valence-corrected chi connectivity index (χ4v) is 2.23. The lowest BCUT2D eigenvalue weighted by molar-refractivity contribution is 0.179. The maximum atomic E-state index is 10.8. The van der Waals surface area contributed by atoms with Gasteiger partial charge in [0.15, 0.2) is 0 Å². The summed E-state index contributed by atoms with van der Waals surface area (Å²) >= 11 is 0. The number of hydrogen-bond acceptors (Lipinski definition) is 6. The van der Waals surface area contributed by atoms with Gasteiger partial charge in [0, 0.05) is 0 Å². The van der Waals surface area contributed by atoms with Crippen molar-refractivity contribution in [1.82, 2.24) is 0 Å². The van der Waals surface area contributed by atoms with Gasteiger partial charge in [-0.1, -0.05) is 42.5 Å². The number of ether oxygens (including phenoxy) is 1. The molecule has 0 aliphatic carbocycles. The molecular weight excluding hydrogens is 306 g/mol. The third-order valence-electron chi connectivity index (χ3n) is 2.85. The van der Waals surface area contributed by atoms with Crippen molar-refractivity contribution < 1.29 is 21.6 Å². The molecule has 118 valence electrons. The molecule has 0 atom stereocenters. The lowest BCUT2D eigenvalue weighted by Crippen LogP contribution is -2.17. The molecule has 0 amide bonds. The van der Waals surface area contributed by atoms with Crippen LogP contribution in [0.25, 0.3) is 0 Å². The van der Waals surface area contributed by atoms with E-state index in [1.165, 1.54) is 5.56 Å². The van der Waals surface area contributed by atoms with Gasteiger partial charge in [0.25, 0.3) is 0 Å². The molecule has 2 N–H and O–H groups in total. The molecule has 0 aliphatic heterocycles. The number of rotatable bonds is 8. The van der Waals surface area contributed by atoms with Crippen LogP contribution in [0, 0.1) is 0 Å². The van der Waals surface area contributed by atoms with Crippen molar-refractivity contribution in [3.05, 3.63) is 65.7 Å². The van der Waals surface area contributed by atoms with Crippen LogP contribution in [-0.2, 0) is 25.3 Å². The third kappa shape index (κ3) is 5.45. The van der Waals surface area contributed by atoms with Crippen molar-refractivity contribution >= 4 is 10.4 Å². The van der Waals surface area contributed by atoms with Gasteiger partial charge in [-0.15, -0.1) is 0 Å². The van der Waals surface area contributed by atoms with Crippen molar-refractivity contribution in [3.8, 4) is 5.75 Å². The van der Waals surface area contributed by atoms with E-state index in [1.807, 2.05) is 36.4 Å². The van der Waals surface area contributed by atoms with Crippen LogP contribution in [0.3, 0.4) is 0 Å². The van der Waals surface area contributed by atoms with E-state index in [1.54, 1.807) is 6.07 Å². The quantitative estimate of drug-likeness (QED) is 0.589. The molecule has 22 heavy (non-hydrogen) atoms. The number of benzene rings is 2. The monoisotopic (exact) mass is 323 g/mol. The molecule has 2 aromatic rings. The van der Waals surface area contributed by atoms with Gasteiger partial charge in [-0.3, -0.25) is 0 Å². The maximum absolute atomic E-state index is 10.8. The molecule has 2 rings (SSSR count). The van der Waals surface area contributed by atoms with Gasteiger partial charge in [-0.05, 0) is 29.7 Å². The number of nitrogens with two attached hydrogens (primary N) is 1. The third-order valence-corrected chi connectivity index (χ3v) is 3.54. The molecule has 7 heteroatoms. The summed E-state index contributed by atoms with van der Waals surface area (Å²) in [6.45, 7) is -0.111. The Hall–Kier alpha value is -1.93. The molecule has 0 unspecified atom stereocenters. The highest BCUT2D eigenvalue weighted by molar-refractivity contribution is 7.81. The zero-order valence-electron chi connectivity index (χ0n) is 11.8. The van der Waals surface area contributed by atoms with Crippen molar-refractivity contribution in [2.75, 3.05) is 13.2 Å². The molecular formula is C15H17NO5S. The van der Waals surface area contributed by atoms with E-state index < -0.39 is 10.4 Å². The molecule has 2 aromatic carbocycles. The molecule has 0 spiro atoms. The topological polar surface area (TPSA) is 87.9 Å². The summed E-state index contributed by atoms with van der Waals surface area (Å²) in [6, 6.07) is 17.7. The Bertz CT molecular complexity index is 688. The molecule has 0 saturated carbocycles. The first kappa shape index (κ1) is 16.4. The van der Waals surface area contributed by atoms with Gasteiger partial charge in [0.2, 0.25) is 0 Å². The van der Waals surface area contributed by atoms with E-state index >= 15 is 0 Å². The van der Waals surface area contributed by atoms with Crippen molar-refractivity contribution in [1.29, 1.82) is 0 Å². The van der Waals surface area contributed by atoms with Gasteiger partial charge in [0.1, 0.15) is 19.0 Å². The second-order valence-electron chi connectivity index (χ2n) is 4.48. The Kier molecular flexibility index (Phi) is 5.91. The van der Waals surface area contributed by atoms with Crippen molar-refractivity contribution in [3.63, 3.8) is 0 Å². The maximum Gasteiger partial charge on any atom is 0.416 e. The van der Waals surface area contributed by atoms with Crippen LogP contribution in [0.5, 0.6) is 5.75 Å². The predicted octanol–water partition coefficient (Wildman–Crippen LogP) is 1.81. The van der Waals surface area contributed by atoms with Crippen LogP contribution in [0.4, 0.5) is 0 Å². The highest BCUT2D eigenvalue weighted by Gasteiger charge is 2.09. The molecule has 0 fully saturated rings. The fourth-order valence-electron chi connectivity index (χ4n) is 1.90. The zero-order valence-corrected chi connectivity index (χ0v) is 12.7. The largest absolute Gasteiger partial charge is 0.491 e. The summed E-state index contributed by atoms with van der Waals surface area (Å²) in [5, 5.41) is 0. The minimum Gasteiger partial charge on any atom is -0.491 e. The summed E-state index contributed by atoms with van der Waals surface area (Å²) < 4.78 is 35.2. The second-order valence-corrected chi connectivity index (χ2v) is 5.73. The van der Waals surface area contributed by atoms with Crippen LogP contribution in [0.1, 0.15) is 11.1 Å². The average molecular weight is 323 g/mol. The summed E-state index contributed by atoms with van der Waals surface area (Å²) in [5.74, 6) is 5.18. The van der Waals surface area contributed by atoms with E-state index in [0.29, 0.717) is 5.75 Å². The first-order valence-corrected chi connectivity index (χ1v) is 7.96. The van der Waals surface area contributed by atoms with E-state index in [4.69, 9.17) is 4.74 Å². The number of hydrogen-bond donors (Lipinski definition) is 1. The molecule has 0 bridgehead atoms. The van der Waals surface area contributed by atoms with Crippen LogP contribution in [0.2, 0.25) is 0 Å². The summed E-state index contributed by atoms with van der Waals surface area (Å²) in [5.41, 5.74) is 2.30. The summed E-state index contributed by atoms with van der Waals surface area (Å²) in [7, 11) is -4.13. The fraction of sp³-hybridized carbons (Fsp3) is 0.200. The van der Waals surface area contributed by atoms with Crippen molar-refractivity contribution in [2.45, 2.75) is 6.42 Å². The van der Waals surface area contributed by atoms with Crippen LogP contribution < -0.4 is 10.6 Å². The average Bonchev–Trinajstić information content (AvgIpc) is 2.53. The SMILES string of the molecule is NOS(=O)(=O)OCCOc1cccc(Cc2ccccc2)c1. The Morgan fingerprint density at radius 3 is 2.36 bits per heavy atom. The normalized spacial score (nSPS) is 11.3. The highest BCUT2D eigenvalue weighted by atomic mass is 32.3. The van der Waals surface area contributed by atoms with E-state index in [2.05, 4.69) is 26.5 Å². The van der Waals surface area contributed by atoms with Gasteiger partial charge >= 0.3 is 10.4 Å². The van der Waals surface area contributed by atoms with E-state index in [9.17, 15) is 8.42 Å². The van der Waals surface area contributed by atoms with E-state index in [-0.39, 0.29) is 13.2 Å². The van der Waals surface area contributed by atoms with Crippen LogP contribution in [-0.4, -0.2) is 21.6 Å². The highest BCUT2D eigenvalue weighted by Crippen LogP contribution is 2.16. The second kappa shape index (κ2) is 7.90. The minimum absolute atomic E-state index is 0.0668. The standard InChI is InChI=1S/C15H17NO5S/c16-21-22(17,18)20-10-9-19-15-8-4-7-14(12-15)11-13-5-2-1-3-6-13/h1-8,12H,9-11,16H2. The molecule has 0 aromatic heterocycles. The predicted molar refractivity (Wildman–Crippen MR) is 81.3 cm³/mol.